The van der Waals surface area contributed by atoms with Crippen LogP contribution in [0.3, 0.4) is 0 Å². The number of hydrogen-bond acceptors (Lipinski definition) is 2. The quantitative estimate of drug-likeness (QED) is 0.725. The van der Waals surface area contributed by atoms with E-state index in [1.165, 1.54) is 31.4 Å². The van der Waals surface area contributed by atoms with Crippen LogP contribution < -0.4 is 5.32 Å². The van der Waals surface area contributed by atoms with Crippen LogP contribution in [0.2, 0.25) is 0 Å². The molecule has 1 heterocycles. The van der Waals surface area contributed by atoms with E-state index in [1.807, 2.05) is 17.9 Å². The highest BCUT2D eigenvalue weighted by atomic mass is 15.3. The summed E-state index contributed by atoms with van der Waals surface area (Å²) in [5.41, 5.74) is 1.27. The molecule has 3 nitrogen and oxygen atoms in total. The lowest BCUT2D eigenvalue weighted by Gasteiger charge is -2.13. The van der Waals surface area contributed by atoms with Crippen LogP contribution in [0.15, 0.2) is 12.3 Å². The SMILES string of the molecule is CC(NCCCC1CC1)c1ccnn1C. The standard InChI is InChI=1S/C12H21N3/c1-10(12-7-9-14-15(12)2)13-8-3-4-11-5-6-11/h7,9-11,13H,3-6,8H2,1-2H3. The van der Waals surface area contributed by atoms with Crippen molar-refractivity contribution >= 4 is 0 Å². The van der Waals surface area contributed by atoms with Crippen molar-refractivity contribution in [1.82, 2.24) is 15.1 Å². The minimum absolute atomic E-state index is 0.414. The molecule has 1 fully saturated rings. The Morgan fingerprint density at radius 3 is 3.00 bits per heavy atom. The summed E-state index contributed by atoms with van der Waals surface area (Å²) < 4.78 is 1.94. The smallest absolute Gasteiger partial charge is 0.0547 e. The molecule has 1 aliphatic rings. The Bertz CT molecular complexity index is 302. The first-order valence-corrected chi connectivity index (χ1v) is 5.98. The van der Waals surface area contributed by atoms with Gasteiger partial charge in [0.1, 0.15) is 0 Å². The van der Waals surface area contributed by atoms with Crippen molar-refractivity contribution in [2.75, 3.05) is 6.54 Å². The summed E-state index contributed by atoms with van der Waals surface area (Å²) in [5, 5.41) is 7.73. The molecule has 0 aromatic carbocycles. The van der Waals surface area contributed by atoms with Crippen LogP contribution in [-0.2, 0) is 7.05 Å². The average Bonchev–Trinajstić information content (AvgIpc) is 2.94. The highest BCUT2D eigenvalue weighted by molar-refractivity contribution is 5.04. The highest BCUT2D eigenvalue weighted by Crippen LogP contribution is 2.33. The van der Waals surface area contributed by atoms with Crippen molar-refractivity contribution in [2.45, 2.75) is 38.6 Å². The molecule has 1 aromatic rings. The van der Waals surface area contributed by atoms with Gasteiger partial charge in [0.15, 0.2) is 0 Å². The van der Waals surface area contributed by atoms with Gasteiger partial charge in [-0.05, 0) is 38.3 Å². The van der Waals surface area contributed by atoms with Gasteiger partial charge in [-0.2, -0.15) is 5.10 Å². The molecule has 1 N–H and O–H groups in total. The monoisotopic (exact) mass is 207 g/mol. The molecule has 0 bridgehead atoms. The van der Waals surface area contributed by atoms with Crippen LogP contribution in [0.25, 0.3) is 0 Å². The average molecular weight is 207 g/mol. The fourth-order valence-electron chi connectivity index (χ4n) is 2.03. The van der Waals surface area contributed by atoms with Crippen LogP contribution in [0.1, 0.15) is 44.3 Å². The van der Waals surface area contributed by atoms with Crippen LogP contribution in [-0.4, -0.2) is 16.3 Å². The molecule has 2 rings (SSSR count). The number of aromatic nitrogens is 2. The molecular weight excluding hydrogens is 186 g/mol. The van der Waals surface area contributed by atoms with Gasteiger partial charge in [0.05, 0.1) is 5.69 Å². The zero-order valence-corrected chi connectivity index (χ0v) is 9.74. The Balaban J connectivity index is 1.67. The lowest BCUT2D eigenvalue weighted by atomic mass is 10.2. The number of nitrogens with one attached hydrogen (secondary N) is 1. The third kappa shape index (κ3) is 3.06. The molecule has 0 spiro atoms. The summed E-state index contributed by atoms with van der Waals surface area (Å²) in [6.45, 7) is 3.33. The molecular formula is C12H21N3. The van der Waals surface area contributed by atoms with E-state index in [2.05, 4.69) is 23.4 Å². The Labute approximate surface area is 91.9 Å². The van der Waals surface area contributed by atoms with E-state index in [0.29, 0.717) is 6.04 Å². The van der Waals surface area contributed by atoms with Crippen molar-refractivity contribution in [3.8, 4) is 0 Å². The summed E-state index contributed by atoms with van der Waals surface area (Å²) >= 11 is 0. The number of aryl methyl sites for hydroxylation is 1. The number of rotatable bonds is 6. The fourth-order valence-corrected chi connectivity index (χ4v) is 2.03. The second kappa shape index (κ2) is 4.79. The van der Waals surface area contributed by atoms with Crippen LogP contribution >= 0.6 is 0 Å². The Morgan fingerprint density at radius 2 is 2.40 bits per heavy atom. The first-order valence-electron chi connectivity index (χ1n) is 5.98. The lowest BCUT2D eigenvalue weighted by molar-refractivity contribution is 0.505. The normalized spacial score (nSPS) is 18.0. The third-order valence-electron chi connectivity index (χ3n) is 3.24. The van der Waals surface area contributed by atoms with Crippen molar-refractivity contribution in [2.24, 2.45) is 13.0 Å². The molecule has 0 radical (unpaired) electrons. The van der Waals surface area contributed by atoms with E-state index in [1.54, 1.807) is 0 Å². The maximum Gasteiger partial charge on any atom is 0.0547 e. The van der Waals surface area contributed by atoms with Crippen LogP contribution in [0.4, 0.5) is 0 Å². The summed E-state index contributed by atoms with van der Waals surface area (Å²) in [4.78, 5) is 0. The minimum atomic E-state index is 0.414. The first kappa shape index (κ1) is 10.7. The molecule has 1 atom stereocenters. The molecule has 1 saturated carbocycles. The zero-order chi connectivity index (χ0) is 10.7. The molecule has 84 valence electrons. The summed E-state index contributed by atoms with van der Waals surface area (Å²) in [5.74, 6) is 1.05. The zero-order valence-electron chi connectivity index (χ0n) is 9.74. The molecule has 15 heavy (non-hydrogen) atoms. The molecule has 1 aliphatic carbocycles. The maximum atomic E-state index is 4.18. The van der Waals surface area contributed by atoms with E-state index in [4.69, 9.17) is 0 Å². The van der Waals surface area contributed by atoms with Gasteiger partial charge in [-0.3, -0.25) is 4.68 Å². The van der Waals surface area contributed by atoms with Gasteiger partial charge in [-0.25, -0.2) is 0 Å². The lowest BCUT2D eigenvalue weighted by Crippen LogP contribution is -2.22. The van der Waals surface area contributed by atoms with Gasteiger partial charge >= 0.3 is 0 Å². The fraction of sp³-hybridized carbons (Fsp3) is 0.750. The topological polar surface area (TPSA) is 29.9 Å². The van der Waals surface area contributed by atoms with Gasteiger partial charge in [0.25, 0.3) is 0 Å². The molecule has 0 aliphatic heterocycles. The second-order valence-electron chi connectivity index (χ2n) is 4.64. The molecule has 3 heteroatoms. The number of hydrogen-bond donors (Lipinski definition) is 1. The molecule has 1 aromatic heterocycles. The van der Waals surface area contributed by atoms with E-state index >= 15 is 0 Å². The predicted octanol–water partition coefficient (Wildman–Crippen LogP) is 2.26. The van der Waals surface area contributed by atoms with E-state index in [0.717, 1.165) is 12.5 Å². The van der Waals surface area contributed by atoms with Gasteiger partial charge in [-0.15, -0.1) is 0 Å². The van der Waals surface area contributed by atoms with E-state index in [9.17, 15) is 0 Å². The minimum Gasteiger partial charge on any atom is -0.309 e. The van der Waals surface area contributed by atoms with Crippen LogP contribution in [0.5, 0.6) is 0 Å². The van der Waals surface area contributed by atoms with Crippen LogP contribution in [0, 0.1) is 5.92 Å². The largest absolute Gasteiger partial charge is 0.309 e. The summed E-state index contributed by atoms with van der Waals surface area (Å²) in [7, 11) is 2.00. The predicted molar refractivity (Wildman–Crippen MR) is 61.6 cm³/mol. The van der Waals surface area contributed by atoms with Gasteiger partial charge in [0, 0.05) is 19.3 Å². The van der Waals surface area contributed by atoms with Gasteiger partial charge in [-0.1, -0.05) is 12.8 Å². The Morgan fingerprint density at radius 1 is 1.60 bits per heavy atom. The first-order chi connectivity index (χ1) is 7.27. The van der Waals surface area contributed by atoms with Crippen molar-refractivity contribution in [1.29, 1.82) is 0 Å². The maximum absolute atomic E-state index is 4.18. The molecule has 1 unspecified atom stereocenters. The van der Waals surface area contributed by atoms with Crippen molar-refractivity contribution in [3.63, 3.8) is 0 Å². The Kier molecular flexibility index (Phi) is 3.41. The van der Waals surface area contributed by atoms with Gasteiger partial charge in [0.2, 0.25) is 0 Å². The Hall–Kier alpha value is -0.830. The third-order valence-corrected chi connectivity index (χ3v) is 3.24. The molecule has 0 amide bonds. The second-order valence-corrected chi connectivity index (χ2v) is 4.64. The van der Waals surface area contributed by atoms with Crippen molar-refractivity contribution < 1.29 is 0 Å². The van der Waals surface area contributed by atoms with E-state index < -0.39 is 0 Å². The number of nitrogens with zero attached hydrogens (tertiary/aromatic N) is 2. The van der Waals surface area contributed by atoms with E-state index in [-0.39, 0.29) is 0 Å². The van der Waals surface area contributed by atoms with Crippen molar-refractivity contribution in [3.05, 3.63) is 18.0 Å². The summed E-state index contributed by atoms with van der Waals surface area (Å²) in [6, 6.07) is 2.50. The molecule has 0 saturated heterocycles. The highest BCUT2D eigenvalue weighted by Gasteiger charge is 2.20. The van der Waals surface area contributed by atoms with Gasteiger partial charge < -0.3 is 5.32 Å². The summed E-state index contributed by atoms with van der Waals surface area (Å²) in [6.07, 6.45) is 7.52.